The van der Waals surface area contributed by atoms with Gasteiger partial charge in [0.2, 0.25) is 0 Å². The number of fused-ring (bicyclic) bond motifs is 1. The molecule has 1 aliphatic heterocycles. The Morgan fingerprint density at radius 1 is 1.08 bits per heavy atom. The van der Waals surface area contributed by atoms with Gasteiger partial charge in [0.05, 0.1) is 0 Å². The number of aliphatic hydroxyl groups is 2. The molecule has 3 aliphatic rings. The second-order valence-corrected chi connectivity index (χ2v) is 4.87. The standard InChI is InChI=1S/C10H17NO2/c12-4-6-1-10(6)11-2-7-8(3-11)9(7)5-13/h6-10,12-13H,1-5H2/t6?,7-,8+,9?,10?. The molecular formula is C10H17NO2. The van der Waals surface area contributed by atoms with Gasteiger partial charge in [-0.15, -0.1) is 0 Å². The first-order chi connectivity index (χ1) is 6.35. The highest BCUT2D eigenvalue weighted by molar-refractivity contribution is 5.09. The van der Waals surface area contributed by atoms with Gasteiger partial charge in [-0.3, -0.25) is 4.90 Å². The Morgan fingerprint density at radius 2 is 1.77 bits per heavy atom. The van der Waals surface area contributed by atoms with Crippen LogP contribution in [0.2, 0.25) is 0 Å². The van der Waals surface area contributed by atoms with E-state index in [1.165, 1.54) is 19.5 Å². The van der Waals surface area contributed by atoms with Crippen LogP contribution < -0.4 is 0 Å². The van der Waals surface area contributed by atoms with E-state index in [4.69, 9.17) is 10.2 Å². The van der Waals surface area contributed by atoms with Gasteiger partial charge in [-0.2, -0.15) is 0 Å². The molecule has 2 aliphatic carbocycles. The SMILES string of the molecule is OCC1CC1N1C[C@@H]2C(CO)[C@@H]2C1. The molecule has 0 aromatic carbocycles. The van der Waals surface area contributed by atoms with E-state index >= 15 is 0 Å². The Bertz CT molecular complexity index is 209. The summed E-state index contributed by atoms with van der Waals surface area (Å²) >= 11 is 0. The van der Waals surface area contributed by atoms with Gasteiger partial charge >= 0.3 is 0 Å². The fourth-order valence-electron chi connectivity index (χ4n) is 3.10. The minimum Gasteiger partial charge on any atom is -0.396 e. The van der Waals surface area contributed by atoms with Crippen molar-refractivity contribution >= 4 is 0 Å². The molecule has 0 aromatic heterocycles. The van der Waals surface area contributed by atoms with Crippen LogP contribution in [0.4, 0.5) is 0 Å². The zero-order valence-electron chi connectivity index (χ0n) is 7.76. The molecule has 2 saturated carbocycles. The maximum absolute atomic E-state index is 8.99. The molecule has 0 spiro atoms. The molecule has 3 nitrogen and oxygen atoms in total. The lowest BCUT2D eigenvalue weighted by Gasteiger charge is -2.18. The van der Waals surface area contributed by atoms with Crippen LogP contribution in [0.3, 0.4) is 0 Å². The summed E-state index contributed by atoms with van der Waals surface area (Å²) in [5, 5.41) is 17.9. The van der Waals surface area contributed by atoms with Crippen LogP contribution in [-0.4, -0.2) is 47.5 Å². The van der Waals surface area contributed by atoms with E-state index in [2.05, 4.69) is 4.90 Å². The number of likely N-dealkylation sites (tertiary alicyclic amines) is 1. The van der Waals surface area contributed by atoms with Gasteiger partial charge in [0.15, 0.2) is 0 Å². The summed E-state index contributed by atoms with van der Waals surface area (Å²) in [6.07, 6.45) is 1.19. The topological polar surface area (TPSA) is 43.7 Å². The molecule has 3 fully saturated rings. The maximum atomic E-state index is 8.99. The summed E-state index contributed by atoms with van der Waals surface area (Å²) in [6.45, 7) is 3.10. The largest absolute Gasteiger partial charge is 0.396 e. The normalized spacial score (nSPS) is 53.5. The smallest absolute Gasteiger partial charge is 0.0474 e. The molecule has 3 heteroatoms. The molecule has 0 bridgehead atoms. The lowest BCUT2D eigenvalue weighted by Crippen LogP contribution is -2.29. The summed E-state index contributed by atoms with van der Waals surface area (Å²) in [4.78, 5) is 2.52. The highest BCUT2D eigenvalue weighted by Gasteiger charge is 2.58. The van der Waals surface area contributed by atoms with Gasteiger partial charge in [-0.05, 0) is 30.1 Å². The Kier molecular flexibility index (Phi) is 1.70. The number of piperidine rings is 1. The van der Waals surface area contributed by atoms with Crippen molar-refractivity contribution in [1.29, 1.82) is 0 Å². The summed E-state index contributed by atoms with van der Waals surface area (Å²) in [6, 6.07) is 0.678. The predicted molar refractivity (Wildman–Crippen MR) is 48.1 cm³/mol. The molecule has 3 unspecified atom stereocenters. The van der Waals surface area contributed by atoms with Crippen LogP contribution in [-0.2, 0) is 0 Å². The first-order valence-corrected chi connectivity index (χ1v) is 5.31. The van der Waals surface area contributed by atoms with E-state index in [1.54, 1.807) is 0 Å². The fraction of sp³-hybridized carbons (Fsp3) is 1.00. The van der Waals surface area contributed by atoms with Crippen LogP contribution in [0.5, 0.6) is 0 Å². The van der Waals surface area contributed by atoms with E-state index < -0.39 is 0 Å². The van der Waals surface area contributed by atoms with E-state index in [-0.39, 0.29) is 0 Å². The van der Waals surface area contributed by atoms with Gasteiger partial charge in [-0.25, -0.2) is 0 Å². The molecular weight excluding hydrogens is 166 g/mol. The van der Waals surface area contributed by atoms with Crippen molar-refractivity contribution < 1.29 is 10.2 Å². The maximum Gasteiger partial charge on any atom is 0.0474 e. The summed E-state index contributed by atoms with van der Waals surface area (Å²) in [7, 11) is 0. The van der Waals surface area contributed by atoms with Crippen molar-refractivity contribution in [3.8, 4) is 0 Å². The van der Waals surface area contributed by atoms with Crippen LogP contribution in [0.1, 0.15) is 6.42 Å². The van der Waals surface area contributed by atoms with Crippen molar-refractivity contribution in [2.24, 2.45) is 23.7 Å². The molecule has 0 amide bonds. The fourth-order valence-corrected chi connectivity index (χ4v) is 3.10. The molecule has 74 valence electrons. The molecule has 0 radical (unpaired) electrons. The van der Waals surface area contributed by atoms with Gasteiger partial charge in [0.1, 0.15) is 0 Å². The third-order valence-electron chi connectivity index (χ3n) is 4.20. The lowest BCUT2D eigenvalue weighted by atomic mass is 10.2. The van der Waals surface area contributed by atoms with Crippen molar-refractivity contribution in [2.45, 2.75) is 12.5 Å². The predicted octanol–water partition coefficient (Wildman–Crippen LogP) is -0.463. The molecule has 1 saturated heterocycles. The molecule has 3 rings (SSSR count). The number of hydrogen-bond donors (Lipinski definition) is 2. The van der Waals surface area contributed by atoms with Gasteiger partial charge in [0.25, 0.3) is 0 Å². The molecule has 13 heavy (non-hydrogen) atoms. The van der Waals surface area contributed by atoms with Crippen molar-refractivity contribution in [3.05, 3.63) is 0 Å². The highest BCUT2D eigenvalue weighted by atomic mass is 16.3. The Labute approximate surface area is 78.4 Å². The first-order valence-electron chi connectivity index (χ1n) is 5.31. The quantitative estimate of drug-likeness (QED) is 0.622. The minimum absolute atomic E-state index is 0.361. The van der Waals surface area contributed by atoms with E-state index in [9.17, 15) is 0 Å². The van der Waals surface area contributed by atoms with Crippen LogP contribution >= 0.6 is 0 Å². The average Bonchev–Trinajstić information content (AvgIpc) is 3.03. The van der Waals surface area contributed by atoms with Gasteiger partial charge in [-0.1, -0.05) is 0 Å². The molecule has 5 atom stereocenters. The number of aliphatic hydroxyl groups excluding tert-OH is 2. The zero-order chi connectivity index (χ0) is 9.00. The summed E-state index contributed by atoms with van der Waals surface area (Å²) < 4.78 is 0. The van der Waals surface area contributed by atoms with Gasteiger partial charge in [0, 0.05) is 32.3 Å². The van der Waals surface area contributed by atoms with Gasteiger partial charge < -0.3 is 10.2 Å². The first kappa shape index (κ1) is 8.21. The number of nitrogens with zero attached hydrogens (tertiary/aromatic N) is 1. The third-order valence-corrected chi connectivity index (χ3v) is 4.20. The summed E-state index contributed by atoms with van der Waals surface area (Å²) in [5.41, 5.74) is 0. The number of rotatable bonds is 3. The molecule has 2 N–H and O–H groups in total. The van der Waals surface area contributed by atoms with E-state index in [1.807, 2.05) is 0 Å². The molecule has 0 aromatic rings. The lowest BCUT2D eigenvalue weighted by molar-refractivity contribution is 0.198. The van der Waals surface area contributed by atoms with Crippen LogP contribution in [0.15, 0.2) is 0 Å². The molecule has 1 heterocycles. The third kappa shape index (κ3) is 1.14. The Hall–Kier alpha value is -0.120. The van der Waals surface area contributed by atoms with Crippen molar-refractivity contribution in [3.63, 3.8) is 0 Å². The van der Waals surface area contributed by atoms with E-state index in [0.717, 1.165) is 11.8 Å². The monoisotopic (exact) mass is 183 g/mol. The van der Waals surface area contributed by atoms with Crippen LogP contribution in [0.25, 0.3) is 0 Å². The van der Waals surface area contributed by atoms with Crippen LogP contribution in [0, 0.1) is 23.7 Å². The summed E-state index contributed by atoms with van der Waals surface area (Å²) in [5.74, 6) is 2.74. The minimum atomic E-state index is 0.361. The van der Waals surface area contributed by atoms with Crippen molar-refractivity contribution in [1.82, 2.24) is 4.90 Å². The Balaban J connectivity index is 1.52. The zero-order valence-corrected chi connectivity index (χ0v) is 7.76. The average molecular weight is 183 g/mol. The second-order valence-electron chi connectivity index (χ2n) is 4.87. The van der Waals surface area contributed by atoms with E-state index in [0.29, 0.717) is 31.1 Å². The highest BCUT2D eigenvalue weighted by Crippen LogP contribution is 2.54. The second kappa shape index (κ2) is 2.69. The Morgan fingerprint density at radius 3 is 2.23 bits per heavy atom. The number of hydrogen-bond acceptors (Lipinski definition) is 3. The van der Waals surface area contributed by atoms with Crippen molar-refractivity contribution in [2.75, 3.05) is 26.3 Å².